The number of carbonyl (C=O) groups excluding carboxylic acids is 3. The molecule has 1 spiro atoms. The first kappa shape index (κ1) is 35.7. The van der Waals surface area contributed by atoms with E-state index in [-0.39, 0.29) is 35.8 Å². The molecule has 11 nitrogen and oxygen atoms in total. The molecule has 11 rings (SSSR count). The van der Waals surface area contributed by atoms with E-state index in [0.29, 0.717) is 42.7 Å². The Bertz CT molecular complexity index is 2290. The van der Waals surface area contributed by atoms with Gasteiger partial charge in [-0.05, 0) is 102 Å². The Morgan fingerprint density at radius 3 is 2.50 bits per heavy atom. The van der Waals surface area contributed by atoms with Gasteiger partial charge >= 0.3 is 0 Å². The van der Waals surface area contributed by atoms with Crippen molar-refractivity contribution in [2.75, 3.05) is 62.3 Å². The fraction of sp³-hybridized carbons (Fsp3) is 0.426. The number of hydrogen-bond acceptors (Lipinski definition) is 9. The number of carbonyl (C=O) groups is 3. The van der Waals surface area contributed by atoms with Crippen LogP contribution in [-0.4, -0.2) is 103 Å². The molecule has 4 aromatic carbocycles. The maximum absolute atomic E-state index is 13.4. The van der Waals surface area contributed by atoms with Crippen molar-refractivity contribution >= 4 is 29.1 Å². The van der Waals surface area contributed by atoms with Gasteiger partial charge in [-0.25, -0.2) is 0 Å². The monoisotopic (exact) mass is 779 g/mol. The van der Waals surface area contributed by atoms with Gasteiger partial charge < -0.3 is 29.3 Å². The van der Waals surface area contributed by atoms with Crippen LogP contribution in [0, 0.1) is 5.92 Å². The zero-order valence-corrected chi connectivity index (χ0v) is 32.6. The highest BCUT2D eigenvalue weighted by Crippen LogP contribution is 2.48. The largest absolute Gasteiger partial charge is 0.508 e. The van der Waals surface area contributed by atoms with Crippen LogP contribution in [0.15, 0.2) is 84.9 Å². The second-order valence-electron chi connectivity index (χ2n) is 17.7. The number of nitrogens with one attached hydrogen (secondary N) is 1. The molecule has 0 saturated carbocycles. The van der Waals surface area contributed by atoms with Crippen LogP contribution in [0.2, 0.25) is 0 Å². The number of fused-ring (bicyclic) bond motifs is 5. The third-order valence-corrected chi connectivity index (χ3v) is 14.1. The van der Waals surface area contributed by atoms with E-state index in [0.717, 1.165) is 82.1 Å². The van der Waals surface area contributed by atoms with Gasteiger partial charge in [-0.2, -0.15) is 0 Å². The Morgan fingerprint density at radius 2 is 1.67 bits per heavy atom. The first-order valence-electron chi connectivity index (χ1n) is 21.1. The van der Waals surface area contributed by atoms with E-state index in [1.54, 1.807) is 4.90 Å². The third kappa shape index (κ3) is 6.12. The summed E-state index contributed by atoms with van der Waals surface area (Å²) in [5, 5.41) is 12.6. The number of nitrogens with zero attached hydrogens (tertiary/aromatic N) is 4. The number of rotatable bonds is 6. The second kappa shape index (κ2) is 13.9. The van der Waals surface area contributed by atoms with E-state index in [4.69, 9.17) is 9.47 Å². The van der Waals surface area contributed by atoms with Crippen LogP contribution in [0.1, 0.15) is 75.7 Å². The molecule has 0 bridgehead atoms. The van der Waals surface area contributed by atoms with Gasteiger partial charge in [0.2, 0.25) is 11.8 Å². The predicted molar refractivity (Wildman–Crippen MR) is 218 cm³/mol. The molecule has 58 heavy (non-hydrogen) atoms. The van der Waals surface area contributed by atoms with Crippen molar-refractivity contribution in [3.05, 3.63) is 118 Å². The SMILES string of the molecule is O=C1CC[C@H](N2Cc3cc4c(cc3C2=O)OC[C@@H]2CN(C[C@@H]3COC5(C3)CN(c3ccc([C@@H]6c7ccc(O)cc7CC[C@@H]6c6ccccc6)cc3)C5)CCN42)C(=O)N1. The van der Waals surface area contributed by atoms with E-state index in [1.165, 1.54) is 27.9 Å². The molecule has 1 aliphatic carbocycles. The number of piperazine rings is 1. The highest BCUT2D eigenvalue weighted by Gasteiger charge is 2.50. The van der Waals surface area contributed by atoms with Crippen molar-refractivity contribution in [2.24, 2.45) is 5.92 Å². The van der Waals surface area contributed by atoms with Crippen LogP contribution in [0.5, 0.6) is 11.5 Å². The second-order valence-corrected chi connectivity index (χ2v) is 17.7. The van der Waals surface area contributed by atoms with Crippen LogP contribution in [-0.2, 0) is 27.3 Å². The first-order valence-corrected chi connectivity index (χ1v) is 21.1. The summed E-state index contributed by atoms with van der Waals surface area (Å²) in [6.07, 6.45) is 3.68. The molecule has 6 aliphatic heterocycles. The molecule has 4 fully saturated rings. The summed E-state index contributed by atoms with van der Waals surface area (Å²) >= 11 is 0. The molecule has 4 saturated heterocycles. The lowest BCUT2D eigenvalue weighted by Crippen LogP contribution is -2.62. The van der Waals surface area contributed by atoms with Gasteiger partial charge in [-0.15, -0.1) is 0 Å². The Kier molecular flexibility index (Phi) is 8.55. The molecule has 0 unspecified atom stereocenters. The number of imide groups is 1. The summed E-state index contributed by atoms with van der Waals surface area (Å²) in [6.45, 7) is 7.30. The fourth-order valence-electron chi connectivity index (χ4n) is 11.3. The number of amides is 3. The van der Waals surface area contributed by atoms with E-state index >= 15 is 0 Å². The highest BCUT2D eigenvalue weighted by molar-refractivity contribution is 6.06. The average Bonchev–Trinajstić information content (AvgIpc) is 3.79. The van der Waals surface area contributed by atoms with E-state index < -0.39 is 11.9 Å². The van der Waals surface area contributed by atoms with Crippen molar-refractivity contribution in [3.8, 4) is 11.5 Å². The summed E-state index contributed by atoms with van der Waals surface area (Å²) in [7, 11) is 0. The first-order chi connectivity index (χ1) is 28.3. The smallest absolute Gasteiger partial charge is 0.255 e. The number of anilines is 2. The summed E-state index contributed by atoms with van der Waals surface area (Å²) < 4.78 is 12.9. The molecular formula is C47H49N5O6. The number of piperidine rings is 1. The quantitative estimate of drug-likeness (QED) is 0.255. The molecular weight excluding hydrogens is 731 g/mol. The van der Waals surface area contributed by atoms with Gasteiger partial charge in [-0.1, -0.05) is 48.5 Å². The lowest BCUT2D eigenvalue weighted by Gasteiger charge is -2.49. The molecule has 5 atom stereocenters. The summed E-state index contributed by atoms with van der Waals surface area (Å²) in [4.78, 5) is 46.7. The third-order valence-electron chi connectivity index (χ3n) is 14.1. The van der Waals surface area contributed by atoms with Crippen LogP contribution in [0.3, 0.4) is 0 Å². The van der Waals surface area contributed by atoms with Gasteiger partial charge in [0.1, 0.15) is 29.7 Å². The number of phenols is 1. The number of aryl methyl sites for hydroxylation is 1. The predicted octanol–water partition coefficient (Wildman–Crippen LogP) is 5.19. The van der Waals surface area contributed by atoms with Crippen LogP contribution in [0.25, 0.3) is 0 Å². The van der Waals surface area contributed by atoms with Crippen LogP contribution < -0.4 is 19.9 Å². The molecule has 11 heteroatoms. The molecule has 0 aromatic heterocycles. The van der Waals surface area contributed by atoms with E-state index in [9.17, 15) is 19.5 Å². The molecule has 7 aliphatic rings. The number of hydrogen-bond donors (Lipinski definition) is 2. The van der Waals surface area contributed by atoms with Crippen molar-refractivity contribution in [1.29, 1.82) is 0 Å². The van der Waals surface area contributed by atoms with Gasteiger partial charge in [-0.3, -0.25) is 24.6 Å². The minimum atomic E-state index is -0.628. The average molecular weight is 780 g/mol. The molecule has 3 amide bonds. The topological polar surface area (TPSA) is 115 Å². The number of aromatic hydroxyl groups is 1. The lowest BCUT2D eigenvalue weighted by atomic mass is 9.69. The summed E-state index contributed by atoms with van der Waals surface area (Å²) in [5.74, 6) is 1.34. The lowest BCUT2D eigenvalue weighted by molar-refractivity contribution is -0.136. The van der Waals surface area contributed by atoms with Crippen molar-refractivity contribution < 1.29 is 29.0 Å². The standard InChI is InChI=1S/C47H49N5O6/c53-36-11-13-38-32(18-36)8-12-37(30-4-2-1-3-5-30)44(38)31-6-9-34(10-7-31)50-27-47(28-50)21-29(25-58-47)22-49-16-17-51-35(24-49)26-57-42-20-39-33(19-41(42)51)23-52(46(39)56)40-14-15-43(54)48-45(40)55/h1-7,9-11,13,18-20,29,35,37,40,44,53H,8,12,14-17,21-28H2,(H,48,54,55)/t29-,35+,37-,40+,44+/m1/s1. The molecule has 0 radical (unpaired) electrons. The Morgan fingerprint density at radius 1 is 0.828 bits per heavy atom. The molecule has 2 N–H and O–H groups in total. The van der Waals surface area contributed by atoms with E-state index in [2.05, 4.69) is 86.7 Å². The minimum Gasteiger partial charge on any atom is -0.508 e. The van der Waals surface area contributed by atoms with Crippen molar-refractivity contribution in [3.63, 3.8) is 0 Å². The number of ether oxygens (including phenoxy) is 2. The molecule has 4 aromatic rings. The van der Waals surface area contributed by atoms with Gasteiger partial charge in [0.25, 0.3) is 5.91 Å². The zero-order valence-electron chi connectivity index (χ0n) is 32.6. The summed E-state index contributed by atoms with van der Waals surface area (Å²) in [6, 6.07) is 29.5. The van der Waals surface area contributed by atoms with Crippen molar-refractivity contribution in [1.82, 2.24) is 15.1 Å². The Balaban J connectivity index is 0.707. The van der Waals surface area contributed by atoms with Gasteiger partial charge in [0, 0.05) is 69.4 Å². The fourth-order valence-corrected chi connectivity index (χ4v) is 11.3. The zero-order chi connectivity index (χ0) is 39.1. The number of phenolic OH excluding ortho intramolecular Hbond substituents is 1. The maximum Gasteiger partial charge on any atom is 0.255 e. The van der Waals surface area contributed by atoms with Crippen molar-refractivity contribution in [2.45, 2.75) is 68.2 Å². The van der Waals surface area contributed by atoms with E-state index in [1.807, 2.05) is 18.2 Å². The minimum absolute atomic E-state index is 0.0830. The maximum atomic E-state index is 13.4. The van der Waals surface area contributed by atoms with Gasteiger partial charge in [0.05, 0.1) is 18.3 Å². The van der Waals surface area contributed by atoms with Crippen LogP contribution >= 0.6 is 0 Å². The Labute approximate surface area is 338 Å². The summed E-state index contributed by atoms with van der Waals surface area (Å²) in [5.41, 5.74) is 8.95. The highest BCUT2D eigenvalue weighted by atomic mass is 16.5. The molecule has 6 heterocycles. The van der Waals surface area contributed by atoms with Crippen LogP contribution in [0.4, 0.5) is 11.4 Å². The van der Waals surface area contributed by atoms with Gasteiger partial charge in [0.15, 0.2) is 0 Å². The normalized spacial score (nSPS) is 27.3. The number of benzene rings is 4. The molecule has 298 valence electrons. The Hall–Kier alpha value is -5.39.